The maximum Gasteiger partial charge on any atom is 0.183 e. The van der Waals surface area contributed by atoms with Crippen LogP contribution in [0.4, 0.5) is 10.8 Å². The smallest absolute Gasteiger partial charge is 0.183 e. The minimum Gasteiger partial charge on any atom is -0.399 e. The van der Waals surface area contributed by atoms with E-state index < -0.39 is 0 Å². The van der Waals surface area contributed by atoms with E-state index in [4.69, 9.17) is 5.73 Å². The Labute approximate surface area is 119 Å². The summed E-state index contributed by atoms with van der Waals surface area (Å²) >= 11 is 3.34. The third-order valence-corrected chi connectivity index (χ3v) is 4.70. The number of nitrogens with two attached hydrogens (primary N) is 1. The molecule has 3 rings (SSSR count). The van der Waals surface area contributed by atoms with Crippen molar-refractivity contribution in [3.8, 4) is 0 Å². The standard InChI is InChI=1S/C13H14N4S2/c1-8-7-18-12(16-8)4-5-15-13-17-10-3-2-9(14)6-11(10)19-13/h2-3,6-7H,4-5,14H2,1H3,(H,15,17). The zero-order chi connectivity index (χ0) is 13.2. The summed E-state index contributed by atoms with van der Waals surface area (Å²) < 4.78 is 1.12. The Bertz CT molecular complexity index is 702. The number of nitrogen functional groups attached to an aromatic ring is 1. The van der Waals surface area contributed by atoms with E-state index in [9.17, 15) is 0 Å². The van der Waals surface area contributed by atoms with Crippen LogP contribution in [0.1, 0.15) is 10.7 Å². The normalized spacial score (nSPS) is 11.0. The lowest BCUT2D eigenvalue weighted by Gasteiger charge is -1.99. The van der Waals surface area contributed by atoms with Gasteiger partial charge in [-0.3, -0.25) is 0 Å². The summed E-state index contributed by atoms with van der Waals surface area (Å²) in [6, 6.07) is 5.79. The third-order valence-electron chi connectivity index (χ3n) is 2.69. The van der Waals surface area contributed by atoms with E-state index in [2.05, 4.69) is 20.7 Å². The van der Waals surface area contributed by atoms with Crippen molar-refractivity contribution < 1.29 is 0 Å². The van der Waals surface area contributed by atoms with Crippen LogP contribution in [0.2, 0.25) is 0 Å². The number of rotatable bonds is 4. The zero-order valence-corrected chi connectivity index (χ0v) is 12.1. The molecule has 0 amide bonds. The molecule has 0 aliphatic rings. The minimum atomic E-state index is 0.779. The maximum absolute atomic E-state index is 5.76. The predicted molar refractivity (Wildman–Crippen MR) is 83.1 cm³/mol. The maximum atomic E-state index is 5.76. The van der Waals surface area contributed by atoms with Crippen molar-refractivity contribution in [2.45, 2.75) is 13.3 Å². The van der Waals surface area contributed by atoms with Gasteiger partial charge in [0.2, 0.25) is 0 Å². The van der Waals surface area contributed by atoms with E-state index in [1.54, 1.807) is 22.7 Å². The molecule has 0 aliphatic heterocycles. The van der Waals surface area contributed by atoms with Crippen molar-refractivity contribution in [1.29, 1.82) is 0 Å². The highest BCUT2D eigenvalue weighted by atomic mass is 32.1. The lowest BCUT2D eigenvalue weighted by Crippen LogP contribution is -2.04. The Hall–Kier alpha value is -1.66. The number of benzene rings is 1. The number of aryl methyl sites for hydroxylation is 1. The van der Waals surface area contributed by atoms with Crippen LogP contribution in [0.3, 0.4) is 0 Å². The molecule has 0 saturated heterocycles. The van der Waals surface area contributed by atoms with Crippen LogP contribution < -0.4 is 11.1 Å². The number of nitrogens with zero attached hydrogens (tertiary/aromatic N) is 2. The van der Waals surface area contributed by atoms with Gasteiger partial charge in [0.25, 0.3) is 0 Å². The first-order valence-electron chi connectivity index (χ1n) is 6.01. The van der Waals surface area contributed by atoms with E-state index in [0.29, 0.717) is 0 Å². The molecule has 6 heteroatoms. The average molecular weight is 290 g/mol. The molecule has 98 valence electrons. The number of anilines is 2. The minimum absolute atomic E-state index is 0.779. The van der Waals surface area contributed by atoms with Crippen LogP contribution in [0, 0.1) is 6.92 Å². The molecule has 3 aromatic rings. The highest BCUT2D eigenvalue weighted by molar-refractivity contribution is 7.22. The van der Waals surface area contributed by atoms with Gasteiger partial charge in [-0.05, 0) is 25.1 Å². The van der Waals surface area contributed by atoms with Crippen molar-refractivity contribution in [1.82, 2.24) is 9.97 Å². The second-order valence-electron chi connectivity index (χ2n) is 4.31. The van der Waals surface area contributed by atoms with E-state index >= 15 is 0 Å². The Morgan fingerprint density at radius 1 is 1.32 bits per heavy atom. The molecule has 19 heavy (non-hydrogen) atoms. The fourth-order valence-corrected chi connectivity index (χ4v) is 3.53. The van der Waals surface area contributed by atoms with Gasteiger partial charge in [0.1, 0.15) is 0 Å². The molecule has 0 spiro atoms. The molecule has 0 unspecified atom stereocenters. The van der Waals surface area contributed by atoms with Crippen LogP contribution in [-0.4, -0.2) is 16.5 Å². The van der Waals surface area contributed by atoms with Crippen molar-refractivity contribution in [2.75, 3.05) is 17.6 Å². The molecule has 3 N–H and O–H groups in total. The first-order valence-corrected chi connectivity index (χ1v) is 7.71. The van der Waals surface area contributed by atoms with E-state index in [1.165, 1.54) is 0 Å². The van der Waals surface area contributed by atoms with Crippen LogP contribution >= 0.6 is 22.7 Å². The molecule has 0 saturated carbocycles. The number of thiazole rings is 2. The summed E-state index contributed by atoms with van der Waals surface area (Å²) in [6.45, 7) is 2.87. The zero-order valence-electron chi connectivity index (χ0n) is 10.5. The average Bonchev–Trinajstić information content (AvgIpc) is 2.95. The van der Waals surface area contributed by atoms with Gasteiger partial charge < -0.3 is 11.1 Å². The largest absolute Gasteiger partial charge is 0.399 e. The first kappa shape index (κ1) is 12.4. The highest BCUT2D eigenvalue weighted by Crippen LogP contribution is 2.27. The number of nitrogens with one attached hydrogen (secondary N) is 1. The quantitative estimate of drug-likeness (QED) is 0.724. The summed E-state index contributed by atoms with van der Waals surface area (Å²) in [7, 11) is 0. The second-order valence-corrected chi connectivity index (χ2v) is 6.28. The number of hydrogen-bond acceptors (Lipinski definition) is 6. The molecule has 4 nitrogen and oxygen atoms in total. The lowest BCUT2D eigenvalue weighted by molar-refractivity contribution is 0.985. The summed E-state index contributed by atoms with van der Waals surface area (Å²) in [5.74, 6) is 0. The first-order chi connectivity index (χ1) is 9.20. The van der Waals surface area contributed by atoms with Crippen molar-refractivity contribution in [3.05, 3.63) is 34.3 Å². The molecular formula is C13H14N4S2. The predicted octanol–water partition coefficient (Wildman–Crippen LogP) is 3.30. The molecular weight excluding hydrogens is 276 g/mol. The monoisotopic (exact) mass is 290 g/mol. The van der Waals surface area contributed by atoms with Gasteiger partial charge in [-0.2, -0.15) is 0 Å². The summed E-state index contributed by atoms with van der Waals surface area (Å²) in [6.07, 6.45) is 0.927. The molecule has 0 bridgehead atoms. The van der Waals surface area contributed by atoms with Crippen molar-refractivity contribution >= 4 is 43.7 Å². The van der Waals surface area contributed by atoms with Gasteiger partial charge in [0.05, 0.1) is 15.2 Å². The van der Waals surface area contributed by atoms with Crippen LogP contribution in [-0.2, 0) is 6.42 Å². The van der Waals surface area contributed by atoms with E-state index in [1.807, 2.05) is 25.1 Å². The number of fused-ring (bicyclic) bond motifs is 1. The molecule has 0 radical (unpaired) electrons. The SMILES string of the molecule is Cc1csc(CCNc2nc3ccc(N)cc3s2)n1. The van der Waals surface area contributed by atoms with Crippen LogP contribution in [0.5, 0.6) is 0 Å². The van der Waals surface area contributed by atoms with Gasteiger partial charge in [0.15, 0.2) is 5.13 Å². The van der Waals surface area contributed by atoms with Gasteiger partial charge in [-0.25, -0.2) is 9.97 Å². The fraction of sp³-hybridized carbons (Fsp3) is 0.231. The van der Waals surface area contributed by atoms with E-state index in [0.717, 1.165) is 44.7 Å². The Morgan fingerprint density at radius 2 is 2.21 bits per heavy atom. The fourth-order valence-electron chi connectivity index (χ4n) is 1.81. The topological polar surface area (TPSA) is 63.8 Å². The molecule has 0 fully saturated rings. The van der Waals surface area contributed by atoms with Crippen molar-refractivity contribution in [3.63, 3.8) is 0 Å². The molecule has 2 heterocycles. The van der Waals surface area contributed by atoms with Gasteiger partial charge in [0, 0.05) is 29.7 Å². The van der Waals surface area contributed by atoms with Crippen LogP contribution in [0.15, 0.2) is 23.6 Å². The van der Waals surface area contributed by atoms with Crippen LogP contribution in [0.25, 0.3) is 10.2 Å². The Morgan fingerprint density at radius 3 is 3.00 bits per heavy atom. The summed E-state index contributed by atoms with van der Waals surface area (Å²) in [5, 5.41) is 7.52. The van der Waals surface area contributed by atoms with Gasteiger partial charge in [-0.1, -0.05) is 11.3 Å². The lowest BCUT2D eigenvalue weighted by atomic mass is 10.3. The Balaban J connectivity index is 1.65. The molecule has 0 aliphatic carbocycles. The number of aromatic nitrogens is 2. The number of hydrogen-bond donors (Lipinski definition) is 2. The van der Waals surface area contributed by atoms with E-state index in [-0.39, 0.29) is 0 Å². The summed E-state index contributed by atoms with van der Waals surface area (Å²) in [4.78, 5) is 8.97. The van der Waals surface area contributed by atoms with Gasteiger partial charge in [-0.15, -0.1) is 11.3 Å². The molecule has 0 atom stereocenters. The summed E-state index contributed by atoms with van der Waals surface area (Å²) in [5.41, 5.74) is 8.63. The molecule has 1 aromatic carbocycles. The highest BCUT2D eigenvalue weighted by Gasteiger charge is 2.04. The Kier molecular flexibility index (Phi) is 3.35. The second kappa shape index (κ2) is 5.14. The third kappa shape index (κ3) is 2.85. The van der Waals surface area contributed by atoms with Crippen molar-refractivity contribution in [2.24, 2.45) is 0 Å². The van der Waals surface area contributed by atoms with Gasteiger partial charge >= 0.3 is 0 Å². The molecule has 2 aromatic heterocycles.